The van der Waals surface area contributed by atoms with Crippen LogP contribution in [0.4, 0.5) is 5.69 Å². The lowest BCUT2D eigenvalue weighted by Crippen LogP contribution is -2.41. The Bertz CT molecular complexity index is 565. The van der Waals surface area contributed by atoms with Gasteiger partial charge in [0.05, 0.1) is 0 Å². The highest BCUT2D eigenvalue weighted by Crippen LogP contribution is 2.46. The first kappa shape index (κ1) is 16.0. The van der Waals surface area contributed by atoms with Crippen LogP contribution in [0, 0.1) is 18.3 Å². The summed E-state index contributed by atoms with van der Waals surface area (Å²) in [6, 6.07) is 5.62. The molecule has 0 saturated heterocycles. The average Bonchev–Trinajstić information content (AvgIpc) is 3.21. The number of carbonyl (C=O) groups excluding carboxylic acids is 2. The number of amides is 2. The van der Waals surface area contributed by atoms with Crippen molar-refractivity contribution in [3.63, 3.8) is 0 Å². The molecule has 0 radical (unpaired) electrons. The van der Waals surface area contributed by atoms with E-state index in [4.69, 9.17) is 0 Å². The van der Waals surface area contributed by atoms with Crippen LogP contribution in [-0.2, 0) is 9.59 Å². The van der Waals surface area contributed by atoms with Gasteiger partial charge in [0.1, 0.15) is 5.41 Å². The van der Waals surface area contributed by atoms with E-state index in [0.29, 0.717) is 25.3 Å². The smallest absolute Gasteiger partial charge is 0.240 e. The zero-order valence-electron chi connectivity index (χ0n) is 12.6. The summed E-state index contributed by atoms with van der Waals surface area (Å²) < 4.78 is 0.997. The molecule has 1 aliphatic carbocycles. The van der Waals surface area contributed by atoms with Gasteiger partial charge in [-0.15, -0.1) is 0 Å². The van der Waals surface area contributed by atoms with Crippen LogP contribution in [0.15, 0.2) is 22.7 Å². The zero-order valence-corrected chi connectivity index (χ0v) is 14.2. The summed E-state index contributed by atoms with van der Waals surface area (Å²) in [6.45, 7) is 6.63. The molecule has 4 nitrogen and oxygen atoms in total. The summed E-state index contributed by atoms with van der Waals surface area (Å²) in [5.74, 6) is 0.0231. The SMILES string of the molecule is Cc1cc(NC(=O)C2(C(=O)NCC(C)C)CC2)ccc1Br. The van der Waals surface area contributed by atoms with Crippen molar-refractivity contribution in [1.29, 1.82) is 0 Å². The monoisotopic (exact) mass is 352 g/mol. The van der Waals surface area contributed by atoms with Gasteiger partial charge < -0.3 is 10.6 Å². The molecule has 1 saturated carbocycles. The normalized spacial score (nSPS) is 15.7. The van der Waals surface area contributed by atoms with Crippen molar-refractivity contribution in [3.8, 4) is 0 Å². The number of benzene rings is 1. The van der Waals surface area contributed by atoms with Gasteiger partial charge in [0.25, 0.3) is 0 Å². The number of hydrogen-bond acceptors (Lipinski definition) is 2. The van der Waals surface area contributed by atoms with Crippen LogP contribution in [0.25, 0.3) is 0 Å². The number of nitrogens with one attached hydrogen (secondary N) is 2. The van der Waals surface area contributed by atoms with Crippen molar-refractivity contribution in [1.82, 2.24) is 5.32 Å². The summed E-state index contributed by atoms with van der Waals surface area (Å²) in [4.78, 5) is 24.6. The van der Waals surface area contributed by atoms with Gasteiger partial charge in [0.15, 0.2) is 0 Å². The molecule has 2 amide bonds. The molecule has 1 aromatic carbocycles. The topological polar surface area (TPSA) is 58.2 Å². The van der Waals surface area contributed by atoms with Gasteiger partial charge in [0.2, 0.25) is 11.8 Å². The molecule has 0 aliphatic heterocycles. The van der Waals surface area contributed by atoms with E-state index < -0.39 is 5.41 Å². The summed E-state index contributed by atoms with van der Waals surface area (Å²) in [6.07, 6.45) is 1.25. The van der Waals surface area contributed by atoms with E-state index >= 15 is 0 Å². The molecule has 1 fully saturated rings. The number of halogens is 1. The van der Waals surface area contributed by atoms with Crippen molar-refractivity contribution in [3.05, 3.63) is 28.2 Å². The molecule has 0 atom stereocenters. The fourth-order valence-corrected chi connectivity index (χ4v) is 2.37. The molecule has 2 N–H and O–H groups in total. The molecule has 0 aromatic heterocycles. The molecule has 5 heteroatoms. The summed E-state index contributed by atoms with van der Waals surface area (Å²) in [7, 11) is 0. The zero-order chi connectivity index (χ0) is 15.6. The Labute approximate surface area is 133 Å². The van der Waals surface area contributed by atoms with Crippen molar-refractivity contribution >= 4 is 33.4 Å². The molecule has 0 bridgehead atoms. The van der Waals surface area contributed by atoms with Crippen LogP contribution in [0.5, 0.6) is 0 Å². The molecule has 114 valence electrons. The predicted octanol–water partition coefficient (Wildman–Crippen LogP) is 3.25. The molecule has 21 heavy (non-hydrogen) atoms. The van der Waals surface area contributed by atoms with Gasteiger partial charge in [-0.25, -0.2) is 0 Å². The van der Waals surface area contributed by atoms with E-state index in [1.54, 1.807) is 0 Å². The van der Waals surface area contributed by atoms with Crippen LogP contribution in [0.2, 0.25) is 0 Å². The van der Waals surface area contributed by atoms with Gasteiger partial charge in [-0.05, 0) is 49.4 Å². The highest BCUT2D eigenvalue weighted by atomic mass is 79.9. The third-order valence-corrected chi connectivity index (χ3v) is 4.60. The van der Waals surface area contributed by atoms with Crippen LogP contribution in [-0.4, -0.2) is 18.4 Å². The Balaban J connectivity index is 2.02. The molecule has 1 aromatic rings. The minimum Gasteiger partial charge on any atom is -0.355 e. The largest absolute Gasteiger partial charge is 0.355 e. The number of rotatable bonds is 5. The van der Waals surface area contributed by atoms with Crippen molar-refractivity contribution in [2.75, 3.05) is 11.9 Å². The number of aryl methyl sites for hydroxylation is 1. The van der Waals surface area contributed by atoms with Gasteiger partial charge in [-0.1, -0.05) is 29.8 Å². The number of carbonyl (C=O) groups is 2. The van der Waals surface area contributed by atoms with Gasteiger partial charge >= 0.3 is 0 Å². The summed E-state index contributed by atoms with van der Waals surface area (Å²) in [5, 5.41) is 5.73. The van der Waals surface area contributed by atoms with Gasteiger partial charge in [0, 0.05) is 16.7 Å². The highest BCUT2D eigenvalue weighted by molar-refractivity contribution is 9.10. The third kappa shape index (κ3) is 3.64. The standard InChI is InChI=1S/C16H21BrN2O2/c1-10(2)9-18-14(20)16(6-7-16)15(21)19-12-4-5-13(17)11(3)8-12/h4-5,8,10H,6-7,9H2,1-3H3,(H,18,20)(H,19,21). The van der Waals surface area contributed by atoms with E-state index in [-0.39, 0.29) is 11.8 Å². The molecule has 2 rings (SSSR count). The molecule has 0 spiro atoms. The van der Waals surface area contributed by atoms with Gasteiger partial charge in [-0.3, -0.25) is 9.59 Å². The average molecular weight is 353 g/mol. The van der Waals surface area contributed by atoms with E-state index in [0.717, 1.165) is 15.7 Å². The lowest BCUT2D eigenvalue weighted by atomic mass is 10.0. The first-order valence-electron chi connectivity index (χ1n) is 7.21. The van der Waals surface area contributed by atoms with Crippen LogP contribution >= 0.6 is 15.9 Å². The number of anilines is 1. The van der Waals surface area contributed by atoms with Crippen molar-refractivity contribution in [2.24, 2.45) is 11.3 Å². The lowest BCUT2D eigenvalue weighted by molar-refractivity contribution is -0.134. The fourth-order valence-electron chi connectivity index (χ4n) is 2.12. The summed E-state index contributed by atoms with van der Waals surface area (Å²) >= 11 is 3.43. The molecule has 1 aliphatic rings. The van der Waals surface area contributed by atoms with Crippen molar-refractivity contribution in [2.45, 2.75) is 33.6 Å². The first-order valence-corrected chi connectivity index (χ1v) is 8.00. The van der Waals surface area contributed by atoms with E-state index in [1.165, 1.54) is 0 Å². The maximum atomic E-state index is 12.4. The first-order chi connectivity index (χ1) is 9.85. The second kappa shape index (κ2) is 6.18. The lowest BCUT2D eigenvalue weighted by Gasteiger charge is -2.16. The molecular formula is C16H21BrN2O2. The Morgan fingerprint density at radius 1 is 1.29 bits per heavy atom. The summed E-state index contributed by atoms with van der Waals surface area (Å²) in [5.41, 5.74) is 0.904. The van der Waals surface area contributed by atoms with Crippen LogP contribution < -0.4 is 10.6 Å². The fraction of sp³-hybridized carbons (Fsp3) is 0.500. The van der Waals surface area contributed by atoms with Crippen LogP contribution in [0.1, 0.15) is 32.3 Å². The Morgan fingerprint density at radius 2 is 1.95 bits per heavy atom. The molecular weight excluding hydrogens is 332 g/mol. The Hall–Kier alpha value is -1.36. The molecule has 0 heterocycles. The maximum Gasteiger partial charge on any atom is 0.240 e. The predicted molar refractivity (Wildman–Crippen MR) is 87.0 cm³/mol. The molecule has 0 unspecified atom stereocenters. The minimum absolute atomic E-state index is 0.150. The second-order valence-corrected chi connectivity index (χ2v) is 6.96. The maximum absolute atomic E-state index is 12.4. The van der Waals surface area contributed by atoms with Gasteiger partial charge in [-0.2, -0.15) is 0 Å². The second-order valence-electron chi connectivity index (χ2n) is 6.10. The van der Waals surface area contributed by atoms with Crippen molar-refractivity contribution < 1.29 is 9.59 Å². The number of hydrogen-bond donors (Lipinski definition) is 2. The Kier molecular flexibility index (Phi) is 4.71. The minimum atomic E-state index is -0.865. The third-order valence-electron chi connectivity index (χ3n) is 3.71. The van der Waals surface area contributed by atoms with E-state index in [2.05, 4.69) is 26.6 Å². The van der Waals surface area contributed by atoms with E-state index in [1.807, 2.05) is 39.0 Å². The highest BCUT2D eigenvalue weighted by Gasteiger charge is 2.56. The van der Waals surface area contributed by atoms with Crippen LogP contribution in [0.3, 0.4) is 0 Å². The quantitative estimate of drug-likeness (QED) is 0.799. The van der Waals surface area contributed by atoms with E-state index in [9.17, 15) is 9.59 Å². The Morgan fingerprint density at radius 3 is 2.48 bits per heavy atom.